The third-order valence-corrected chi connectivity index (χ3v) is 4.73. The molecule has 0 bridgehead atoms. The molecule has 0 spiro atoms. The van der Waals surface area contributed by atoms with E-state index in [-0.39, 0.29) is 23.2 Å². The number of methoxy groups -OCH3 is 1. The molecule has 1 saturated heterocycles. The molecule has 1 aliphatic carbocycles. The van der Waals surface area contributed by atoms with Gasteiger partial charge in [-0.25, -0.2) is 0 Å². The van der Waals surface area contributed by atoms with Gasteiger partial charge in [-0.1, -0.05) is 30.3 Å². The highest BCUT2D eigenvalue weighted by Gasteiger charge is 2.53. The van der Waals surface area contributed by atoms with E-state index in [1.165, 1.54) is 7.11 Å². The Labute approximate surface area is 125 Å². The fraction of sp³-hybridized carbons (Fsp3) is 0.529. The lowest BCUT2D eigenvalue weighted by molar-refractivity contribution is -0.149. The summed E-state index contributed by atoms with van der Waals surface area (Å²) in [7, 11) is 1.41. The highest BCUT2D eigenvalue weighted by atomic mass is 16.5. The minimum absolute atomic E-state index is 0.167. The van der Waals surface area contributed by atoms with Crippen LogP contribution in [0.25, 0.3) is 0 Å². The molecule has 1 saturated carbocycles. The van der Waals surface area contributed by atoms with Crippen LogP contribution in [0.5, 0.6) is 0 Å². The predicted octanol–water partition coefficient (Wildman–Crippen LogP) is 2.13. The van der Waals surface area contributed by atoms with Crippen LogP contribution in [0, 0.1) is 5.92 Å². The SMILES string of the molecule is COC(=O)C1CCCN(C(=O)C2(c3ccccc3)CC2)C1. The Balaban J connectivity index is 1.75. The summed E-state index contributed by atoms with van der Waals surface area (Å²) >= 11 is 0. The summed E-state index contributed by atoms with van der Waals surface area (Å²) in [5, 5.41) is 0. The first kappa shape index (κ1) is 14.1. The van der Waals surface area contributed by atoms with E-state index >= 15 is 0 Å². The fourth-order valence-corrected chi connectivity index (χ4v) is 3.33. The first-order valence-corrected chi connectivity index (χ1v) is 7.60. The second-order valence-electron chi connectivity index (χ2n) is 6.06. The molecule has 1 heterocycles. The number of nitrogens with zero attached hydrogens (tertiary/aromatic N) is 1. The molecule has 3 rings (SSSR count). The van der Waals surface area contributed by atoms with Crippen LogP contribution in [-0.4, -0.2) is 37.0 Å². The zero-order chi connectivity index (χ0) is 14.9. The van der Waals surface area contributed by atoms with Crippen LogP contribution >= 0.6 is 0 Å². The molecule has 4 nitrogen and oxygen atoms in total. The molecule has 0 N–H and O–H groups in total. The first-order valence-electron chi connectivity index (χ1n) is 7.60. The van der Waals surface area contributed by atoms with E-state index in [1.54, 1.807) is 0 Å². The van der Waals surface area contributed by atoms with Gasteiger partial charge in [-0.2, -0.15) is 0 Å². The van der Waals surface area contributed by atoms with Gasteiger partial charge in [-0.15, -0.1) is 0 Å². The maximum Gasteiger partial charge on any atom is 0.310 e. The topological polar surface area (TPSA) is 46.6 Å². The van der Waals surface area contributed by atoms with Crippen LogP contribution in [0.3, 0.4) is 0 Å². The summed E-state index contributed by atoms with van der Waals surface area (Å²) in [6.45, 7) is 1.25. The van der Waals surface area contributed by atoms with Gasteiger partial charge < -0.3 is 9.64 Å². The van der Waals surface area contributed by atoms with Gasteiger partial charge in [0.15, 0.2) is 0 Å². The summed E-state index contributed by atoms with van der Waals surface area (Å²) in [6, 6.07) is 10.0. The summed E-state index contributed by atoms with van der Waals surface area (Å²) in [4.78, 5) is 26.5. The van der Waals surface area contributed by atoms with E-state index in [4.69, 9.17) is 4.74 Å². The highest BCUT2D eigenvalue weighted by molar-refractivity contribution is 5.91. The van der Waals surface area contributed by atoms with E-state index in [1.807, 2.05) is 35.2 Å². The zero-order valence-electron chi connectivity index (χ0n) is 12.4. The van der Waals surface area contributed by atoms with Crippen LogP contribution in [0.2, 0.25) is 0 Å². The van der Waals surface area contributed by atoms with Crippen molar-refractivity contribution in [2.75, 3.05) is 20.2 Å². The lowest BCUT2D eigenvalue weighted by atomic mass is 9.91. The van der Waals surface area contributed by atoms with Crippen molar-refractivity contribution in [2.24, 2.45) is 5.92 Å². The molecular formula is C17H21NO3. The molecule has 0 aromatic heterocycles. The second-order valence-corrected chi connectivity index (χ2v) is 6.06. The average molecular weight is 287 g/mol. The molecule has 1 aromatic rings. The van der Waals surface area contributed by atoms with Gasteiger partial charge in [0.2, 0.25) is 5.91 Å². The standard InChI is InChI=1S/C17H21NO3/c1-21-15(19)13-6-5-11-18(12-13)16(20)17(9-10-17)14-7-3-2-4-8-14/h2-4,7-8,13H,5-6,9-12H2,1H3. The first-order chi connectivity index (χ1) is 10.2. The van der Waals surface area contributed by atoms with Crippen molar-refractivity contribution in [3.05, 3.63) is 35.9 Å². The normalized spacial score (nSPS) is 23.5. The number of ether oxygens (including phenoxy) is 1. The largest absolute Gasteiger partial charge is 0.469 e. The third kappa shape index (κ3) is 2.55. The number of benzene rings is 1. The lowest BCUT2D eigenvalue weighted by Gasteiger charge is -2.34. The third-order valence-electron chi connectivity index (χ3n) is 4.73. The van der Waals surface area contributed by atoms with Crippen LogP contribution in [0.1, 0.15) is 31.2 Å². The molecule has 112 valence electrons. The Morgan fingerprint density at radius 1 is 1.24 bits per heavy atom. The van der Waals surface area contributed by atoms with E-state index in [0.29, 0.717) is 6.54 Å². The van der Waals surface area contributed by atoms with Crippen molar-refractivity contribution >= 4 is 11.9 Å². The highest BCUT2D eigenvalue weighted by Crippen LogP contribution is 2.49. The number of esters is 1. The average Bonchev–Trinajstić information content (AvgIpc) is 3.36. The molecule has 1 amide bonds. The number of carbonyl (C=O) groups is 2. The maximum atomic E-state index is 12.9. The van der Waals surface area contributed by atoms with Crippen molar-refractivity contribution in [1.82, 2.24) is 4.90 Å². The molecule has 0 radical (unpaired) electrons. The molecule has 1 aliphatic heterocycles. The Kier molecular flexibility index (Phi) is 3.70. The van der Waals surface area contributed by atoms with E-state index in [2.05, 4.69) is 0 Å². The van der Waals surface area contributed by atoms with Gasteiger partial charge in [0.25, 0.3) is 0 Å². The van der Waals surface area contributed by atoms with Crippen LogP contribution < -0.4 is 0 Å². The Morgan fingerprint density at radius 3 is 2.57 bits per heavy atom. The van der Waals surface area contributed by atoms with Crippen molar-refractivity contribution in [2.45, 2.75) is 31.1 Å². The number of piperidine rings is 1. The van der Waals surface area contributed by atoms with Gasteiger partial charge in [0.05, 0.1) is 18.4 Å². The van der Waals surface area contributed by atoms with Gasteiger partial charge in [0.1, 0.15) is 0 Å². The predicted molar refractivity (Wildman–Crippen MR) is 78.7 cm³/mol. The van der Waals surface area contributed by atoms with E-state index in [9.17, 15) is 9.59 Å². The van der Waals surface area contributed by atoms with Gasteiger partial charge >= 0.3 is 5.97 Å². The van der Waals surface area contributed by atoms with Crippen molar-refractivity contribution in [3.63, 3.8) is 0 Å². The molecule has 1 unspecified atom stereocenters. The summed E-state index contributed by atoms with van der Waals surface area (Å²) in [6.07, 6.45) is 3.51. The summed E-state index contributed by atoms with van der Waals surface area (Å²) < 4.78 is 4.83. The van der Waals surface area contributed by atoms with E-state index in [0.717, 1.165) is 37.8 Å². The van der Waals surface area contributed by atoms with E-state index < -0.39 is 0 Å². The van der Waals surface area contributed by atoms with Gasteiger partial charge in [0, 0.05) is 13.1 Å². The number of amides is 1. The van der Waals surface area contributed by atoms with Crippen LogP contribution in [0.4, 0.5) is 0 Å². The van der Waals surface area contributed by atoms with Crippen molar-refractivity contribution in [1.29, 1.82) is 0 Å². The molecule has 2 fully saturated rings. The van der Waals surface area contributed by atoms with Crippen molar-refractivity contribution in [3.8, 4) is 0 Å². The molecule has 4 heteroatoms. The molecule has 1 aromatic carbocycles. The number of hydrogen-bond acceptors (Lipinski definition) is 3. The Hall–Kier alpha value is -1.84. The Morgan fingerprint density at radius 2 is 1.95 bits per heavy atom. The number of carbonyl (C=O) groups excluding carboxylic acids is 2. The molecular weight excluding hydrogens is 266 g/mol. The van der Waals surface area contributed by atoms with Gasteiger partial charge in [-0.3, -0.25) is 9.59 Å². The quantitative estimate of drug-likeness (QED) is 0.800. The summed E-state index contributed by atoms with van der Waals surface area (Å²) in [5.74, 6) is -0.182. The molecule has 1 atom stereocenters. The maximum absolute atomic E-state index is 12.9. The lowest BCUT2D eigenvalue weighted by Crippen LogP contribution is -2.46. The Bertz CT molecular complexity index is 536. The number of likely N-dealkylation sites (tertiary alicyclic amines) is 1. The minimum Gasteiger partial charge on any atom is -0.469 e. The molecule has 21 heavy (non-hydrogen) atoms. The second kappa shape index (κ2) is 5.51. The molecule has 2 aliphatic rings. The zero-order valence-corrected chi connectivity index (χ0v) is 12.4. The minimum atomic E-state index is -0.334. The summed E-state index contributed by atoms with van der Waals surface area (Å²) in [5.41, 5.74) is 0.773. The number of rotatable bonds is 3. The van der Waals surface area contributed by atoms with Crippen LogP contribution in [0.15, 0.2) is 30.3 Å². The fourth-order valence-electron chi connectivity index (χ4n) is 3.33. The van der Waals surface area contributed by atoms with Crippen molar-refractivity contribution < 1.29 is 14.3 Å². The smallest absolute Gasteiger partial charge is 0.310 e. The monoisotopic (exact) mass is 287 g/mol. The number of hydrogen-bond donors (Lipinski definition) is 0. The van der Waals surface area contributed by atoms with Gasteiger partial charge in [-0.05, 0) is 31.2 Å². The van der Waals surface area contributed by atoms with Crippen LogP contribution in [-0.2, 0) is 19.7 Å².